The number of ketones is 1. The van der Waals surface area contributed by atoms with E-state index >= 15 is 0 Å². The van der Waals surface area contributed by atoms with Gasteiger partial charge in [0, 0.05) is 30.1 Å². The lowest BCUT2D eigenvalue weighted by atomic mass is 9.44. The molecule has 7 saturated heterocycles. The molecule has 33 nitrogen and oxygen atoms in total. The van der Waals surface area contributed by atoms with Gasteiger partial charge in [-0.05, 0) is 86.9 Å². The Morgan fingerprint density at radius 1 is 0.526 bits per heavy atom. The highest BCUT2D eigenvalue weighted by Gasteiger charge is 2.71. The fourth-order valence-electron chi connectivity index (χ4n) is 17.9. The van der Waals surface area contributed by atoms with E-state index in [1.54, 1.807) is 0 Å². The number of rotatable bonds is 20. The molecule has 33 heteroatoms. The van der Waals surface area contributed by atoms with Crippen LogP contribution < -0.4 is 0 Å². The van der Waals surface area contributed by atoms with Crippen molar-refractivity contribution in [3.05, 3.63) is 0 Å². The molecule has 548 valence electrons. The Labute approximate surface area is 548 Å². The van der Waals surface area contributed by atoms with Crippen molar-refractivity contribution in [3.8, 4) is 0 Å². The summed E-state index contributed by atoms with van der Waals surface area (Å²) in [7, 11) is 0. The summed E-state index contributed by atoms with van der Waals surface area (Å²) in [4.78, 5) is 14.9. The molecule has 4 saturated carbocycles. The summed E-state index contributed by atoms with van der Waals surface area (Å²) < 4.78 is 77.3. The van der Waals surface area contributed by atoms with Crippen LogP contribution in [-0.2, 0) is 66.4 Å². The minimum atomic E-state index is -2.14. The van der Waals surface area contributed by atoms with E-state index in [9.17, 15) is 102 Å². The Morgan fingerprint density at radius 3 is 1.69 bits per heavy atom. The van der Waals surface area contributed by atoms with Crippen molar-refractivity contribution in [3.63, 3.8) is 0 Å². The number of ether oxygens (including phenoxy) is 13. The van der Waals surface area contributed by atoms with Crippen LogP contribution in [0.25, 0.3) is 0 Å². The lowest BCUT2D eigenvalue weighted by Crippen LogP contribution is -2.68. The van der Waals surface area contributed by atoms with E-state index in [1.807, 2.05) is 13.8 Å². The first-order valence-electron chi connectivity index (χ1n) is 33.6. The Kier molecular flexibility index (Phi) is 23.3. The highest BCUT2D eigenvalue weighted by atomic mass is 16.8. The lowest BCUT2D eigenvalue weighted by Gasteiger charge is -2.60. The number of Topliss-reactive ketones (excluding diaryl/α,β-unsaturated/α-hetero) is 1. The smallest absolute Gasteiger partial charge is 0.187 e. The minimum absolute atomic E-state index is 0.0144. The molecule has 19 N–H and O–H groups in total. The molecule has 0 aromatic carbocycles. The van der Waals surface area contributed by atoms with E-state index < -0.39 is 228 Å². The minimum Gasteiger partial charge on any atom is -0.394 e. The van der Waals surface area contributed by atoms with E-state index in [1.165, 1.54) is 6.92 Å². The standard InChI is InChI=1S/C62H102O33/c1-21(19-83-54-46(78)42(74)39(71)31(15-63)87-54)8-11-62(82)22(2)36-30(95-62)13-28-26-7-6-24-12-25(9-10-60(24,4)27(26)14-35(68)61(28,36)5)86-57-48(80)43(75)50(33(17-65)89-57)91-58-49(81)44(76)51(34(18-66)90-58)92-59-53(94-55-45(77)38(70)29(67)20-84-55)52(40(72)32(16-64)88-59)93-56-47(79)41(73)37(69)23(3)85-56/h21-34,36-59,63-67,69-82H,6-20H2,1-5H3/t21?,22-,23+,24-,25-,26?,27?,28?,29+,30?,31+,32+,33+,34+,36?,37+,38-,39+,40+,41-,42-,43+,44+,45+,46+,47?,48+,49+,50-,51+,52-,53+,54?,55-,56+,57+,58-,59-,60-,61+,62+/m0/s1. The predicted octanol–water partition coefficient (Wildman–Crippen LogP) is -7.46. The highest BCUT2D eigenvalue weighted by molar-refractivity contribution is 5.87. The second-order valence-corrected chi connectivity index (χ2v) is 29.3. The number of hydrogen-bond acceptors (Lipinski definition) is 33. The summed E-state index contributed by atoms with van der Waals surface area (Å²) in [6, 6.07) is 0. The molecule has 11 aliphatic rings. The summed E-state index contributed by atoms with van der Waals surface area (Å²) in [6.07, 6.45) is -46.0. The van der Waals surface area contributed by atoms with Crippen LogP contribution in [0.3, 0.4) is 0 Å². The zero-order chi connectivity index (χ0) is 68.8. The monoisotopic (exact) mass is 1370 g/mol. The molecule has 11 fully saturated rings. The molecular weight excluding hydrogens is 1270 g/mol. The third kappa shape index (κ3) is 13.7. The van der Waals surface area contributed by atoms with Gasteiger partial charge in [0.05, 0.1) is 58.0 Å². The molecule has 0 amide bonds. The number of carbonyl (C=O) groups excluding carboxylic acids is 1. The highest BCUT2D eigenvalue weighted by Crippen LogP contribution is 2.70. The summed E-state index contributed by atoms with van der Waals surface area (Å²) in [5.41, 5.74) is -1.01. The Hall–Kier alpha value is -1.61. The molecule has 95 heavy (non-hydrogen) atoms. The van der Waals surface area contributed by atoms with Gasteiger partial charge >= 0.3 is 0 Å². The van der Waals surface area contributed by atoms with Crippen molar-refractivity contribution >= 4 is 5.78 Å². The lowest BCUT2D eigenvalue weighted by molar-refractivity contribution is -0.405. The van der Waals surface area contributed by atoms with E-state index in [0.717, 1.165) is 12.8 Å². The SMILES string of the molecule is CC(CC[C@@]1(O)OC2CC3C4CC[C@H]5C[C@@H](O[C@@H]6O[C@H](CO)[C@H](O[C@@H]7O[C@H](CO)[C@@H](O[C@@H]8O[C@H](CO)[C@@H](O)[C@H](O[C@H]9O[C@H](C)[C@@H](O)[C@H](O)C9O)[C@H]8O[C@@H]8OC[C@@H](O)[C@H](O)[C@H]8O)[C@H](O)[C@H]7O)[C@H](O)[C@H]6O)CC[C@]5(C)C4CC(=O)[C@]3(C)C2[C@@H]1C)COC1O[C@H](CO)[C@@H](O)[C@H](O)[C@H]1O. The van der Waals surface area contributed by atoms with Crippen molar-refractivity contribution < 1.29 is 163 Å². The van der Waals surface area contributed by atoms with Crippen LogP contribution in [0.15, 0.2) is 0 Å². The van der Waals surface area contributed by atoms with Gasteiger partial charge in [0.2, 0.25) is 0 Å². The van der Waals surface area contributed by atoms with Gasteiger partial charge in [-0.2, -0.15) is 0 Å². The maximum Gasteiger partial charge on any atom is 0.187 e. The average molecular weight is 1380 g/mol. The van der Waals surface area contributed by atoms with Gasteiger partial charge in [0.25, 0.3) is 0 Å². The van der Waals surface area contributed by atoms with Crippen LogP contribution in [-0.4, -0.2) is 339 Å². The number of aliphatic hydroxyl groups excluding tert-OH is 18. The van der Waals surface area contributed by atoms with E-state index in [2.05, 4.69) is 13.8 Å². The van der Waals surface area contributed by atoms with Crippen molar-refractivity contribution in [2.24, 2.45) is 52.3 Å². The van der Waals surface area contributed by atoms with Gasteiger partial charge in [-0.1, -0.05) is 27.7 Å². The largest absolute Gasteiger partial charge is 0.394 e. The van der Waals surface area contributed by atoms with Crippen LogP contribution in [0.5, 0.6) is 0 Å². The predicted molar refractivity (Wildman–Crippen MR) is 310 cm³/mol. The van der Waals surface area contributed by atoms with Crippen LogP contribution in [0.2, 0.25) is 0 Å². The molecule has 4 aliphatic carbocycles. The molecule has 0 aromatic heterocycles. The Balaban J connectivity index is 0.696. The molecule has 7 aliphatic heterocycles. The molecule has 11 rings (SSSR count). The van der Waals surface area contributed by atoms with Gasteiger partial charge in [-0.15, -0.1) is 0 Å². The number of aliphatic hydroxyl groups is 19. The van der Waals surface area contributed by atoms with Crippen LogP contribution in [0.1, 0.15) is 92.4 Å². The third-order valence-corrected chi connectivity index (χ3v) is 23.8. The normalized spacial score (nSPS) is 55.3. The molecule has 8 unspecified atom stereocenters. The number of fused-ring (bicyclic) bond motifs is 7. The molecule has 0 radical (unpaired) electrons. The quantitative estimate of drug-likeness (QED) is 0.0504. The van der Waals surface area contributed by atoms with Crippen molar-refractivity contribution in [1.82, 2.24) is 0 Å². The molecule has 0 spiro atoms. The fraction of sp³-hybridized carbons (Fsp3) is 0.984. The zero-order valence-electron chi connectivity index (χ0n) is 53.8. The topological polar surface area (TPSA) is 521 Å². The van der Waals surface area contributed by atoms with Gasteiger partial charge in [-0.3, -0.25) is 4.79 Å². The third-order valence-electron chi connectivity index (χ3n) is 23.8. The first kappa shape index (κ1) is 74.6. The summed E-state index contributed by atoms with van der Waals surface area (Å²) in [6.45, 7) is 5.60. The van der Waals surface area contributed by atoms with Crippen LogP contribution in [0, 0.1) is 52.3 Å². The first-order valence-corrected chi connectivity index (χ1v) is 33.6. The Bertz CT molecular complexity index is 2530. The van der Waals surface area contributed by atoms with Crippen LogP contribution >= 0.6 is 0 Å². The van der Waals surface area contributed by atoms with Crippen molar-refractivity contribution in [2.75, 3.05) is 39.6 Å². The number of carbonyl (C=O) groups is 1. The Morgan fingerprint density at radius 2 is 1.05 bits per heavy atom. The summed E-state index contributed by atoms with van der Waals surface area (Å²) in [5, 5.41) is 206. The summed E-state index contributed by atoms with van der Waals surface area (Å²) >= 11 is 0. The van der Waals surface area contributed by atoms with Gasteiger partial charge in [-0.25, -0.2) is 0 Å². The molecule has 7 heterocycles. The van der Waals surface area contributed by atoms with E-state index in [4.69, 9.17) is 61.6 Å². The molecule has 0 aromatic rings. The fourth-order valence-corrected chi connectivity index (χ4v) is 17.9. The van der Waals surface area contributed by atoms with Gasteiger partial charge in [0.15, 0.2) is 43.5 Å². The maximum atomic E-state index is 14.9. The second-order valence-electron chi connectivity index (χ2n) is 29.3. The van der Waals surface area contributed by atoms with Gasteiger partial charge < -0.3 is 159 Å². The van der Waals surface area contributed by atoms with E-state index in [0.29, 0.717) is 38.5 Å². The first-order chi connectivity index (χ1) is 44.9. The van der Waals surface area contributed by atoms with Crippen molar-refractivity contribution in [2.45, 2.75) is 289 Å². The van der Waals surface area contributed by atoms with Gasteiger partial charge in [0.1, 0.15) is 140 Å². The number of hydrogen-bond donors (Lipinski definition) is 19. The molecule has 41 atom stereocenters. The maximum absolute atomic E-state index is 14.9. The zero-order valence-corrected chi connectivity index (χ0v) is 53.8. The van der Waals surface area contributed by atoms with E-state index in [-0.39, 0.29) is 71.8 Å². The van der Waals surface area contributed by atoms with Crippen molar-refractivity contribution in [1.29, 1.82) is 0 Å². The van der Waals surface area contributed by atoms with Crippen LogP contribution in [0.4, 0.5) is 0 Å². The second kappa shape index (κ2) is 29.6. The molecule has 0 bridgehead atoms. The molecular formula is C62H102O33. The average Bonchev–Trinajstić information content (AvgIpc) is 1.56. The summed E-state index contributed by atoms with van der Waals surface area (Å²) in [5.74, 6) is -1.79.